The number of nitrogens with one attached hydrogen (secondary N) is 2. The Kier molecular flexibility index (Phi) is 6.86. The SMILES string of the molecule is CC(C)(CNS(C)(=O)=O)NCC(=O)N1CCCC1C(=O)c1nnc(C(C)(C)C)o1. The van der Waals surface area contributed by atoms with Gasteiger partial charge in [0.1, 0.15) is 6.04 Å². The van der Waals surface area contributed by atoms with Crippen molar-refractivity contribution in [2.75, 3.05) is 25.9 Å². The van der Waals surface area contributed by atoms with Crippen LogP contribution in [0.1, 0.15) is 64.0 Å². The molecule has 11 heteroatoms. The first-order valence-electron chi connectivity index (χ1n) is 9.57. The molecule has 1 aromatic rings. The summed E-state index contributed by atoms with van der Waals surface area (Å²) in [5.41, 5.74) is -1.00. The molecule has 0 aromatic carbocycles. The summed E-state index contributed by atoms with van der Waals surface area (Å²) >= 11 is 0. The third-order valence-electron chi connectivity index (χ3n) is 4.65. The van der Waals surface area contributed by atoms with Crippen molar-refractivity contribution in [1.29, 1.82) is 0 Å². The molecule has 2 N–H and O–H groups in total. The van der Waals surface area contributed by atoms with Crippen LogP contribution < -0.4 is 10.0 Å². The van der Waals surface area contributed by atoms with Gasteiger partial charge in [0.25, 0.3) is 5.89 Å². The zero-order chi connectivity index (χ0) is 22.0. The average molecular weight is 430 g/mol. The van der Waals surface area contributed by atoms with E-state index >= 15 is 0 Å². The molecule has 2 rings (SSSR count). The second kappa shape index (κ2) is 8.49. The number of aromatic nitrogens is 2. The first kappa shape index (κ1) is 23.4. The highest BCUT2D eigenvalue weighted by molar-refractivity contribution is 7.88. The first-order chi connectivity index (χ1) is 13.2. The summed E-state index contributed by atoms with van der Waals surface area (Å²) in [7, 11) is -3.32. The van der Waals surface area contributed by atoms with Crippen LogP contribution >= 0.6 is 0 Å². The Hall–Kier alpha value is -1.85. The molecular formula is C18H31N5O5S. The molecule has 1 aliphatic heterocycles. The maximum Gasteiger partial charge on any atom is 0.286 e. The van der Waals surface area contributed by atoms with E-state index in [2.05, 4.69) is 20.2 Å². The summed E-state index contributed by atoms with van der Waals surface area (Å²) in [6.07, 6.45) is 2.33. The van der Waals surface area contributed by atoms with E-state index in [9.17, 15) is 18.0 Å². The summed E-state index contributed by atoms with van der Waals surface area (Å²) in [6.45, 7) is 9.90. The third-order valence-corrected chi connectivity index (χ3v) is 5.32. The molecule has 0 saturated carbocycles. The Morgan fingerprint density at radius 2 is 1.86 bits per heavy atom. The van der Waals surface area contributed by atoms with Crippen molar-refractivity contribution in [2.24, 2.45) is 0 Å². The monoisotopic (exact) mass is 429 g/mol. The molecule has 0 bridgehead atoms. The molecule has 164 valence electrons. The van der Waals surface area contributed by atoms with Gasteiger partial charge in [0.2, 0.25) is 27.6 Å². The summed E-state index contributed by atoms with van der Waals surface area (Å²) < 4.78 is 30.5. The summed E-state index contributed by atoms with van der Waals surface area (Å²) in [6, 6.07) is -0.630. The molecule has 1 fully saturated rings. The van der Waals surface area contributed by atoms with Crippen LogP contribution in [-0.4, -0.2) is 72.7 Å². The third kappa shape index (κ3) is 6.58. The van der Waals surface area contributed by atoms with Gasteiger partial charge in [-0.3, -0.25) is 9.59 Å². The van der Waals surface area contributed by atoms with Crippen molar-refractivity contribution in [3.05, 3.63) is 11.8 Å². The highest BCUT2D eigenvalue weighted by atomic mass is 32.2. The lowest BCUT2D eigenvalue weighted by Gasteiger charge is -2.29. The minimum absolute atomic E-state index is 0.0146. The second-order valence-electron chi connectivity index (χ2n) is 9.10. The molecule has 2 heterocycles. The van der Waals surface area contributed by atoms with Crippen molar-refractivity contribution in [1.82, 2.24) is 25.1 Å². The molecule has 1 aliphatic rings. The van der Waals surface area contributed by atoms with Crippen molar-refractivity contribution in [3.8, 4) is 0 Å². The first-order valence-corrected chi connectivity index (χ1v) is 11.5. The van der Waals surface area contributed by atoms with E-state index in [4.69, 9.17) is 4.42 Å². The Bertz CT molecular complexity index is 856. The van der Waals surface area contributed by atoms with E-state index in [1.807, 2.05) is 20.8 Å². The fourth-order valence-corrected chi connectivity index (χ4v) is 3.52. The molecule has 1 aromatic heterocycles. The number of hydrogen-bond donors (Lipinski definition) is 2. The smallest absolute Gasteiger partial charge is 0.286 e. The lowest BCUT2D eigenvalue weighted by Crippen LogP contribution is -2.53. The zero-order valence-electron chi connectivity index (χ0n) is 17.9. The second-order valence-corrected chi connectivity index (χ2v) is 10.9. The van der Waals surface area contributed by atoms with E-state index in [-0.39, 0.29) is 36.1 Å². The van der Waals surface area contributed by atoms with E-state index in [0.29, 0.717) is 25.3 Å². The normalized spacial score (nSPS) is 18.3. The fraction of sp³-hybridized carbons (Fsp3) is 0.778. The molecule has 1 amide bonds. The van der Waals surface area contributed by atoms with Gasteiger partial charge < -0.3 is 14.6 Å². The number of amides is 1. The number of sulfonamides is 1. The molecule has 10 nitrogen and oxygen atoms in total. The van der Waals surface area contributed by atoms with Crippen LogP contribution in [0.2, 0.25) is 0 Å². The number of Topliss-reactive ketones (excluding diaryl/α,β-unsaturated/α-hetero) is 1. The minimum atomic E-state index is -3.32. The Morgan fingerprint density at radius 3 is 2.41 bits per heavy atom. The van der Waals surface area contributed by atoms with Gasteiger partial charge in [0.15, 0.2) is 0 Å². The van der Waals surface area contributed by atoms with Gasteiger partial charge in [-0.25, -0.2) is 13.1 Å². The fourth-order valence-electron chi connectivity index (χ4n) is 2.90. The van der Waals surface area contributed by atoms with Crippen LogP contribution in [0.5, 0.6) is 0 Å². The molecular weight excluding hydrogens is 398 g/mol. The number of ketones is 1. The molecule has 29 heavy (non-hydrogen) atoms. The molecule has 1 unspecified atom stereocenters. The minimum Gasteiger partial charge on any atom is -0.418 e. The topological polar surface area (TPSA) is 134 Å². The van der Waals surface area contributed by atoms with Gasteiger partial charge in [-0.2, -0.15) is 0 Å². The number of carbonyl (C=O) groups excluding carboxylic acids is 2. The van der Waals surface area contributed by atoms with Crippen molar-refractivity contribution < 1.29 is 22.4 Å². The summed E-state index contributed by atoms with van der Waals surface area (Å²) in [5.74, 6) is -0.288. The molecule has 1 saturated heterocycles. The number of hydrogen-bond acceptors (Lipinski definition) is 8. The predicted octanol–water partition coefficient (Wildman–Crippen LogP) is 0.458. The van der Waals surface area contributed by atoms with E-state index in [1.54, 1.807) is 13.8 Å². The standard InChI is InChI=1S/C18H31N5O5S/c1-17(2,3)16-22-21-15(28-16)14(25)12-8-7-9-23(12)13(24)10-19-18(4,5)11-20-29(6,26)27/h12,19-20H,7-11H2,1-6H3. The van der Waals surface area contributed by atoms with Gasteiger partial charge in [-0.15, -0.1) is 10.2 Å². The highest BCUT2D eigenvalue weighted by Crippen LogP contribution is 2.24. The molecule has 0 spiro atoms. The Morgan fingerprint density at radius 1 is 1.21 bits per heavy atom. The average Bonchev–Trinajstić information content (AvgIpc) is 3.25. The lowest BCUT2D eigenvalue weighted by atomic mass is 9.97. The maximum atomic E-state index is 12.8. The van der Waals surface area contributed by atoms with Gasteiger partial charge in [0, 0.05) is 24.0 Å². The van der Waals surface area contributed by atoms with Crippen molar-refractivity contribution in [2.45, 2.75) is 64.5 Å². The van der Waals surface area contributed by atoms with Crippen LogP contribution in [0.15, 0.2) is 4.42 Å². The van der Waals surface area contributed by atoms with Crippen LogP contribution in [0.3, 0.4) is 0 Å². The molecule has 0 aliphatic carbocycles. The van der Waals surface area contributed by atoms with Crippen LogP contribution in [0.25, 0.3) is 0 Å². The zero-order valence-corrected chi connectivity index (χ0v) is 18.7. The largest absolute Gasteiger partial charge is 0.418 e. The van der Waals surface area contributed by atoms with Crippen LogP contribution in [0.4, 0.5) is 0 Å². The van der Waals surface area contributed by atoms with Crippen LogP contribution in [0, 0.1) is 0 Å². The number of rotatable bonds is 8. The Balaban J connectivity index is 2.00. The van der Waals surface area contributed by atoms with Gasteiger partial charge in [0.05, 0.1) is 12.8 Å². The van der Waals surface area contributed by atoms with Crippen molar-refractivity contribution in [3.63, 3.8) is 0 Å². The molecule has 0 radical (unpaired) electrons. The number of nitrogens with zero attached hydrogens (tertiary/aromatic N) is 3. The Labute approximate surface area is 171 Å². The van der Waals surface area contributed by atoms with Gasteiger partial charge >= 0.3 is 0 Å². The number of likely N-dealkylation sites (tertiary alicyclic amines) is 1. The van der Waals surface area contributed by atoms with E-state index in [1.165, 1.54) is 4.90 Å². The predicted molar refractivity (Wildman–Crippen MR) is 107 cm³/mol. The van der Waals surface area contributed by atoms with Crippen LogP contribution in [-0.2, 0) is 20.2 Å². The summed E-state index contributed by atoms with van der Waals surface area (Å²) in [5, 5.41) is 10.9. The highest BCUT2D eigenvalue weighted by Gasteiger charge is 2.38. The van der Waals surface area contributed by atoms with Gasteiger partial charge in [-0.1, -0.05) is 20.8 Å². The van der Waals surface area contributed by atoms with Crippen molar-refractivity contribution >= 4 is 21.7 Å². The van der Waals surface area contributed by atoms with E-state index in [0.717, 1.165) is 6.26 Å². The van der Waals surface area contributed by atoms with Gasteiger partial charge in [-0.05, 0) is 26.7 Å². The maximum absolute atomic E-state index is 12.8. The quantitative estimate of drug-likeness (QED) is 0.569. The summed E-state index contributed by atoms with van der Waals surface area (Å²) in [4.78, 5) is 27.1. The lowest BCUT2D eigenvalue weighted by molar-refractivity contribution is -0.130. The number of carbonyl (C=O) groups is 2. The molecule has 1 atom stereocenters. The van der Waals surface area contributed by atoms with E-state index < -0.39 is 21.6 Å².